The van der Waals surface area contributed by atoms with Gasteiger partial charge in [0, 0.05) is 0 Å². The summed E-state index contributed by atoms with van der Waals surface area (Å²) in [5.41, 5.74) is 3.62. The van der Waals surface area contributed by atoms with Crippen molar-refractivity contribution in [1.29, 1.82) is 0 Å². The Bertz CT molecular complexity index is 252. The molecule has 0 aromatic carbocycles. The Hall–Kier alpha value is 0.198. The van der Waals surface area contributed by atoms with Gasteiger partial charge in [-0.1, -0.05) is 0 Å². The SMILES string of the molecule is C[As](C)(=O)C[C@@H]1CC[C@H](OCC(O)CO)O1. The Labute approximate surface area is 98.4 Å². The van der Waals surface area contributed by atoms with Crippen LogP contribution in [0.1, 0.15) is 12.8 Å². The number of rotatable bonds is 6. The molecule has 0 bridgehead atoms. The van der Waals surface area contributed by atoms with Gasteiger partial charge in [-0.25, -0.2) is 0 Å². The van der Waals surface area contributed by atoms with Crippen molar-refractivity contribution in [2.75, 3.05) is 13.2 Å². The van der Waals surface area contributed by atoms with Crippen LogP contribution in [0.2, 0.25) is 16.6 Å². The van der Waals surface area contributed by atoms with Gasteiger partial charge in [0.05, 0.1) is 0 Å². The molecular formula is C10H21AsO5. The van der Waals surface area contributed by atoms with Gasteiger partial charge in [-0.3, -0.25) is 0 Å². The Morgan fingerprint density at radius 3 is 2.75 bits per heavy atom. The van der Waals surface area contributed by atoms with Crippen molar-refractivity contribution in [1.82, 2.24) is 0 Å². The number of aliphatic hydroxyl groups excluding tert-OH is 2. The second-order valence-corrected chi connectivity index (χ2v) is 12.1. The summed E-state index contributed by atoms with van der Waals surface area (Å²) < 4.78 is 22.5. The summed E-state index contributed by atoms with van der Waals surface area (Å²) in [5.74, 6) is 0. The van der Waals surface area contributed by atoms with Gasteiger partial charge in [-0.05, 0) is 0 Å². The molecule has 1 unspecified atom stereocenters. The van der Waals surface area contributed by atoms with E-state index < -0.39 is 19.6 Å². The molecule has 3 atom stereocenters. The molecule has 16 heavy (non-hydrogen) atoms. The first-order chi connectivity index (χ1) is 7.40. The van der Waals surface area contributed by atoms with E-state index in [4.69, 9.17) is 19.7 Å². The summed E-state index contributed by atoms with van der Waals surface area (Å²) in [7, 11) is 0. The molecule has 1 rings (SSSR count). The van der Waals surface area contributed by atoms with Crippen molar-refractivity contribution in [3.8, 4) is 0 Å². The Balaban J connectivity index is 2.22. The molecule has 1 heterocycles. The van der Waals surface area contributed by atoms with Crippen molar-refractivity contribution in [3.63, 3.8) is 0 Å². The Morgan fingerprint density at radius 1 is 1.50 bits per heavy atom. The molecule has 1 aliphatic heterocycles. The second-order valence-electron chi connectivity index (χ2n) is 4.69. The number of hydrogen-bond acceptors (Lipinski definition) is 5. The molecule has 1 fully saturated rings. The average Bonchev–Trinajstić information content (AvgIpc) is 2.59. The predicted octanol–water partition coefficient (Wildman–Crippen LogP) is 0.497. The first kappa shape index (κ1) is 14.3. The van der Waals surface area contributed by atoms with E-state index in [2.05, 4.69) is 0 Å². The summed E-state index contributed by atoms with van der Waals surface area (Å²) in [4.78, 5) is 0. The third kappa shape index (κ3) is 5.50. The van der Waals surface area contributed by atoms with Gasteiger partial charge in [0.15, 0.2) is 0 Å². The fraction of sp³-hybridized carbons (Fsp3) is 1.00. The van der Waals surface area contributed by atoms with E-state index >= 15 is 0 Å². The van der Waals surface area contributed by atoms with Crippen molar-refractivity contribution in [3.05, 3.63) is 0 Å². The van der Waals surface area contributed by atoms with Crippen LogP contribution in [0.3, 0.4) is 0 Å². The van der Waals surface area contributed by atoms with Gasteiger partial charge in [0.1, 0.15) is 0 Å². The minimum absolute atomic E-state index is 0.0243. The molecule has 2 N–H and O–H groups in total. The van der Waals surface area contributed by atoms with Gasteiger partial charge in [0.25, 0.3) is 0 Å². The zero-order valence-corrected chi connectivity index (χ0v) is 11.7. The van der Waals surface area contributed by atoms with Gasteiger partial charge >= 0.3 is 98.1 Å². The molecule has 0 aromatic rings. The van der Waals surface area contributed by atoms with E-state index in [1.54, 1.807) is 0 Å². The quantitative estimate of drug-likeness (QED) is 0.698. The van der Waals surface area contributed by atoms with Crippen LogP contribution in [0.25, 0.3) is 0 Å². The fourth-order valence-electron chi connectivity index (χ4n) is 1.69. The minimum atomic E-state index is -2.64. The van der Waals surface area contributed by atoms with Crippen LogP contribution in [0.15, 0.2) is 0 Å². The van der Waals surface area contributed by atoms with E-state index in [1.807, 2.05) is 11.4 Å². The monoisotopic (exact) mass is 296 g/mol. The number of aliphatic hydroxyl groups is 2. The second kappa shape index (κ2) is 6.22. The summed E-state index contributed by atoms with van der Waals surface area (Å²) >= 11 is -2.64. The molecule has 5 nitrogen and oxygen atoms in total. The molecule has 0 radical (unpaired) electrons. The van der Waals surface area contributed by atoms with Crippen LogP contribution in [0, 0.1) is 0 Å². The van der Waals surface area contributed by atoms with Crippen molar-refractivity contribution in [2.45, 2.75) is 48.0 Å². The van der Waals surface area contributed by atoms with E-state index in [0.717, 1.165) is 12.8 Å². The van der Waals surface area contributed by atoms with Crippen LogP contribution >= 0.6 is 0 Å². The molecule has 0 aromatic heterocycles. The van der Waals surface area contributed by atoms with Crippen LogP contribution in [-0.4, -0.2) is 55.4 Å². The zero-order chi connectivity index (χ0) is 12.2. The van der Waals surface area contributed by atoms with Crippen molar-refractivity contribution < 1.29 is 23.4 Å². The van der Waals surface area contributed by atoms with Crippen molar-refractivity contribution >= 4 is 13.5 Å². The van der Waals surface area contributed by atoms with E-state index in [1.165, 1.54) is 0 Å². The summed E-state index contributed by atoms with van der Waals surface area (Å²) in [6.07, 6.45) is 0.464. The molecule has 6 heteroatoms. The summed E-state index contributed by atoms with van der Waals surface area (Å²) in [6.45, 7) is -0.229. The van der Waals surface area contributed by atoms with Gasteiger partial charge in [-0.15, -0.1) is 0 Å². The number of hydrogen-bond donors (Lipinski definition) is 2. The molecule has 1 aliphatic rings. The van der Waals surface area contributed by atoms with Crippen LogP contribution < -0.4 is 0 Å². The molecule has 0 spiro atoms. The summed E-state index contributed by atoms with van der Waals surface area (Å²) in [6, 6.07) is 0. The molecule has 96 valence electrons. The van der Waals surface area contributed by atoms with Gasteiger partial charge in [-0.2, -0.15) is 0 Å². The van der Waals surface area contributed by atoms with Gasteiger partial charge in [0.2, 0.25) is 0 Å². The van der Waals surface area contributed by atoms with Gasteiger partial charge < -0.3 is 0 Å². The standard InChI is InChI=1S/C10H21AsO5/c1-11(2,14)5-9-3-4-10(16-9)15-7-8(13)6-12/h8-10,12-13H,3-7H2,1-2H3/t8?,9-,10+/m0/s1. The normalized spacial score (nSPS) is 28.2. The van der Waals surface area contributed by atoms with E-state index in [9.17, 15) is 3.74 Å². The van der Waals surface area contributed by atoms with E-state index in [-0.39, 0.29) is 25.6 Å². The maximum atomic E-state index is 11.7. The first-order valence-electron chi connectivity index (χ1n) is 5.50. The molecule has 0 saturated carbocycles. The number of ether oxygens (including phenoxy) is 2. The third-order valence-electron chi connectivity index (χ3n) is 2.40. The Kier molecular flexibility index (Phi) is 5.54. The first-order valence-corrected chi connectivity index (χ1v) is 11.4. The van der Waals surface area contributed by atoms with Crippen LogP contribution in [0.5, 0.6) is 0 Å². The Morgan fingerprint density at radius 2 is 2.19 bits per heavy atom. The predicted molar refractivity (Wildman–Crippen MR) is 59.9 cm³/mol. The molecule has 0 aliphatic carbocycles. The fourth-order valence-corrected chi connectivity index (χ4v) is 4.31. The van der Waals surface area contributed by atoms with Crippen LogP contribution in [-0.2, 0) is 13.2 Å². The van der Waals surface area contributed by atoms with Crippen molar-refractivity contribution in [2.24, 2.45) is 0 Å². The topological polar surface area (TPSA) is 76.0 Å². The molecular weight excluding hydrogens is 275 g/mol. The molecule has 0 amide bonds. The molecule has 1 saturated heterocycles. The zero-order valence-electron chi connectivity index (χ0n) is 9.83. The maximum absolute atomic E-state index is 11.7. The van der Waals surface area contributed by atoms with E-state index in [0.29, 0.717) is 5.21 Å². The average molecular weight is 296 g/mol. The summed E-state index contributed by atoms with van der Waals surface area (Å²) in [5, 5.41) is 18.3. The third-order valence-corrected chi connectivity index (χ3v) is 5.10. The van der Waals surface area contributed by atoms with Crippen LogP contribution in [0.4, 0.5) is 0 Å².